The van der Waals surface area contributed by atoms with E-state index in [1.807, 2.05) is 18.2 Å². The van der Waals surface area contributed by atoms with E-state index in [1.165, 1.54) is 5.56 Å². The molecule has 0 spiro atoms. The molecule has 0 amide bonds. The largest absolute Gasteiger partial charge is 0.496 e. The molecule has 0 aromatic heterocycles. The predicted molar refractivity (Wildman–Crippen MR) is 66.4 cm³/mol. The van der Waals surface area contributed by atoms with Gasteiger partial charge < -0.3 is 9.84 Å². The van der Waals surface area contributed by atoms with E-state index in [1.54, 1.807) is 7.11 Å². The van der Waals surface area contributed by atoms with Crippen LogP contribution >= 0.6 is 0 Å². The molecule has 1 heterocycles. The van der Waals surface area contributed by atoms with Gasteiger partial charge in [-0.2, -0.15) is 0 Å². The highest BCUT2D eigenvalue weighted by Gasteiger charge is 2.59. The second kappa shape index (κ2) is 4.28. The Morgan fingerprint density at radius 2 is 2.06 bits per heavy atom. The number of para-hydroxylation sites is 1. The average Bonchev–Trinajstić information content (AvgIpc) is 2.88. The summed E-state index contributed by atoms with van der Waals surface area (Å²) in [6.45, 7) is 2.66. The van der Waals surface area contributed by atoms with E-state index in [4.69, 9.17) is 9.84 Å². The van der Waals surface area contributed by atoms with Crippen molar-refractivity contribution >= 4 is 5.97 Å². The van der Waals surface area contributed by atoms with Gasteiger partial charge in [-0.25, -0.2) is 0 Å². The first-order valence-corrected chi connectivity index (χ1v) is 6.27. The minimum atomic E-state index is -0.623. The summed E-state index contributed by atoms with van der Waals surface area (Å²) < 4.78 is 5.33. The summed E-state index contributed by atoms with van der Waals surface area (Å²) in [4.78, 5) is 13.2. The minimum Gasteiger partial charge on any atom is -0.496 e. The number of benzene rings is 1. The Kier molecular flexibility index (Phi) is 2.74. The van der Waals surface area contributed by atoms with Crippen molar-refractivity contribution in [2.24, 2.45) is 17.8 Å². The number of carboxylic acids is 1. The fourth-order valence-electron chi connectivity index (χ4n) is 3.18. The Balaban J connectivity index is 1.62. The highest BCUT2D eigenvalue weighted by Crippen LogP contribution is 2.52. The number of carboxylic acid groups (broad SMARTS) is 1. The fraction of sp³-hybridized carbons (Fsp3) is 0.500. The molecular formula is C14H17NO3. The number of piperidine rings is 1. The molecule has 3 rings (SSSR count). The van der Waals surface area contributed by atoms with Gasteiger partial charge in [-0.05, 0) is 17.9 Å². The quantitative estimate of drug-likeness (QED) is 0.875. The predicted octanol–water partition coefficient (Wildman–Crippen LogP) is 1.46. The van der Waals surface area contributed by atoms with Gasteiger partial charge in [0.15, 0.2) is 0 Å². The van der Waals surface area contributed by atoms with Gasteiger partial charge in [0.1, 0.15) is 5.75 Å². The molecule has 4 heteroatoms. The summed E-state index contributed by atoms with van der Waals surface area (Å²) in [5.74, 6) is 0.947. The molecule has 1 aliphatic carbocycles. The van der Waals surface area contributed by atoms with Crippen molar-refractivity contribution in [3.05, 3.63) is 29.8 Å². The van der Waals surface area contributed by atoms with E-state index >= 15 is 0 Å². The third kappa shape index (κ3) is 1.86. The zero-order chi connectivity index (χ0) is 12.7. The van der Waals surface area contributed by atoms with Crippen molar-refractivity contribution in [1.82, 2.24) is 4.90 Å². The molecule has 0 radical (unpaired) electrons. The Hall–Kier alpha value is -1.55. The lowest BCUT2D eigenvalue weighted by Crippen LogP contribution is -2.26. The van der Waals surface area contributed by atoms with E-state index in [0.717, 1.165) is 25.4 Å². The fourth-order valence-corrected chi connectivity index (χ4v) is 3.18. The van der Waals surface area contributed by atoms with Crippen LogP contribution in [0.2, 0.25) is 0 Å². The molecule has 2 atom stereocenters. The van der Waals surface area contributed by atoms with Gasteiger partial charge in [0.2, 0.25) is 0 Å². The standard InChI is InChI=1S/C14H17NO3/c1-18-12-5-3-2-4-9(12)6-15-7-10-11(8-15)13(10)14(16)17/h2-5,10-11,13H,6-8H2,1H3,(H,16,17). The third-order valence-electron chi connectivity index (χ3n) is 4.14. The van der Waals surface area contributed by atoms with E-state index in [2.05, 4.69) is 11.0 Å². The molecule has 2 unspecified atom stereocenters. The van der Waals surface area contributed by atoms with Crippen molar-refractivity contribution in [3.63, 3.8) is 0 Å². The molecule has 4 nitrogen and oxygen atoms in total. The molecule has 2 aliphatic rings. The normalized spacial score (nSPS) is 29.9. The number of hydrogen-bond donors (Lipinski definition) is 1. The van der Waals surface area contributed by atoms with Gasteiger partial charge in [-0.1, -0.05) is 18.2 Å². The number of hydrogen-bond acceptors (Lipinski definition) is 3. The van der Waals surface area contributed by atoms with Crippen LogP contribution in [0, 0.1) is 17.8 Å². The van der Waals surface area contributed by atoms with Crippen LogP contribution in [0.1, 0.15) is 5.56 Å². The summed E-state index contributed by atoms with van der Waals surface area (Å²) in [5.41, 5.74) is 1.17. The topological polar surface area (TPSA) is 49.8 Å². The Morgan fingerprint density at radius 1 is 1.39 bits per heavy atom. The first-order chi connectivity index (χ1) is 8.70. The lowest BCUT2D eigenvalue weighted by Gasteiger charge is -2.19. The summed E-state index contributed by atoms with van der Waals surface area (Å²) in [6.07, 6.45) is 0. The number of ether oxygens (including phenoxy) is 1. The molecule has 1 aromatic rings. The van der Waals surface area contributed by atoms with E-state index in [-0.39, 0.29) is 5.92 Å². The Morgan fingerprint density at radius 3 is 2.67 bits per heavy atom. The van der Waals surface area contributed by atoms with Crippen molar-refractivity contribution in [3.8, 4) is 5.75 Å². The van der Waals surface area contributed by atoms with Crippen LogP contribution in [-0.4, -0.2) is 36.2 Å². The van der Waals surface area contributed by atoms with Crippen LogP contribution in [0.5, 0.6) is 5.75 Å². The zero-order valence-corrected chi connectivity index (χ0v) is 10.4. The van der Waals surface area contributed by atoms with Gasteiger partial charge in [0.25, 0.3) is 0 Å². The number of likely N-dealkylation sites (tertiary alicyclic amines) is 1. The SMILES string of the molecule is COc1ccccc1CN1CC2C(C1)C2C(=O)O. The van der Waals surface area contributed by atoms with Gasteiger partial charge in [-0.15, -0.1) is 0 Å². The Labute approximate surface area is 106 Å². The van der Waals surface area contributed by atoms with Crippen molar-refractivity contribution in [1.29, 1.82) is 0 Å². The number of fused-ring (bicyclic) bond motifs is 1. The summed E-state index contributed by atoms with van der Waals surface area (Å²) in [7, 11) is 1.68. The van der Waals surface area contributed by atoms with Crippen LogP contribution in [0.4, 0.5) is 0 Å². The lowest BCUT2D eigenvalue weighted by atomic mass is 10.1. The lowest BCUT2D eigenvalue weighted by molar-refractivity contribution is -0.139. The van der Waals surface area contributed by atoms with Crippen LogP contribution in [0.3, 0.4) is 0 Å². The molecule has 1 aliphatic heterocycles. The van der Waals surface area contributed by atoms with Crippen LogP contribution < -0.4 is 4.74 Å². The minimum absolute atomic E-state index is 0.0843. The highest BCUT2D eigenvalue weighted by molar-refractivity contribution is 5.74. The average molecular weight is 247 g/mol. The number of carbonyl (C=O) groups is 1. The van der Waals surface area contributed by atoms with Crippen molar-refractivity contribution < 1.29 is 14.6 Å². The molecule has 1 saturated heterocycles. The Bertz CT molecular complexity index is 462. The maximum Gasteiger partial charge on any atom is 0.307 e. The molecular weight excluding hydrogens is 230 g/mol. The van der Waals surface area contributed by atoms with E-state index in [0.29, 0.717) is 11.8 Å². The molecule has 18 heavy (non-hydrogen) atoms. The number of aliphatic carboxylic acids is 1. The van der Waals surface area contributed by atoms with Gasteiger partial charge in [-0.3, -0.25) is 9.69 Å². The van der Waals surface area contributed by atoms with Crippen molar-refractivity contribution in [2.45, 2.75) is 6.54 Å². The number of rotatable bonds is 4. The highest BCUT2D eigenvalue weighted by atomic mass is 16.5. The first-order valence-electron chi connectivity index (χ1n) is 6.27. The third-order valence-corrected chi connectivity index (χ3v) is 4.14. The molecule has 1 N–H and O–H groups in total. The van der Waals surface area contributed by atoms with E-state index in [9.17, 15) is 4.79 Å². The molecule has 0 bridgehead atoms. The number of methoxy groups -OCH3 is 1. The van der Waals surface area contributed by atoms with Gasteiger partial charge in [0, 0.05) is 25.2 Å². The van der Waals surface area contributed by atoms with Crippen LogP contribution in [-0.2, 0) is 11.3 Å². The molecule has 1 aromatic carbocycles. The monoisotopic (exact) mass is 247 g/mol. The molecule has 2 fully saturated rings. The maximum atomic E-state index is 10.9. The number of nitrogens with zero attached hydrogens (tertiary/aromatic N) is 1. The zero-order valence-electron chi connectivity index (χ0n) is 10.4. The molecule has 1 saturated carbocycles. The van der Waals surface area contributed by atoms with E-state index < -0.39 is 5.97 Å². The summed E-state index contributed by atoms with van der Waals surface area (Å²) in [5, 5.41) is 8.98. The first kappa shape index (κ1) is 11.5. The smallest absolute Gasteiger partial charge is 0.307 e. The second-order valence-corrected chi connectivity index (χ2v) is 5.20. The van der Waals surface area contributed by atoms with Crippen molar-refractivity contribution in [2.75, 3.05) is 20.2 Å². The summed E-state index contributed by atoms with van der Waals surface area (Å²) in [6, 6.07) is 8.00. The molecule has 96 valence electrons. The van der Waals surface area contributed by atoms with Crippen LogP contribution in [0.25, 0.3) is 0 Å². The van der Waals surface area contributed by atoms with Gasteiger partial charge in [0.05, 0.1) is 13.0 Å². The summed E-state index contributed by atoms with van der Waals surface area (Å²) >= 11 is 0. The second-order valence-electron chi connectivity index (χ2n) is 5.20. The maximum absolute atomic E-state index is 10.9. The van der Waals surface area contributed by atoms with Gasteiger partial charge >= 0.3 is 5.97 Å². The van der Waals surface area contributed by atoms with Crippen LogP contribution in [0.15, 0.2) is 24.3 Å².